The average molecular weight is 739 g/mol. The Morgan fingerprint density at radius 2 is 0.828 bits per heavy atom. The summed E-state index contributed by atoms with van der Waals surface area (Å²) in [5.41, 5.74) is 18.6. The van der Waals surface area contributed by atoms with E-state index in [0.717, 1.165) is 50.4 Å². The Kier molecular flexibility index (Phi) is 7.14. The molecule has 0 amide bonds. The molecule has 12 rings (SSSR count). The molecule has 3 heteroatoms. The van der Waals surface area contributed by atoms with Crippen LogP contribution in [0.4, 0.5) is 0 Å². The molecule has 2 aliphatic rings. The molecule has 0 bridgehead atoms. The molecular weight excluding hydrogens is 705 g/mol. The van der Waals surface area contributed by atoms with Gasteiger partial charge in [-0.1, -0.05) is 194 Å². The third kappa shape index (κ3) is 4.74. The van der Waals surface area contributed by atoms with Crippen molar-refractivity contribution in [3.05, 3.63) is 229 Å². The second-order valence-electron chi connectivity index (χ2n) is 15.2. The number of hydrogen-bond acceptors (Lipinski definition) is 3. The van der Waals surface area contributed by atoms with E-state index in [2.05, 4.69) is 182 Å². The molecule has 2 heterocycles. The summed E-state index contributed by atoms with van der Waals surface area (Å²) < 4.78 is 7.02. The Bertz CT molecular complexity index is 3150. The normalized spacial score (nSPS) is 13.0. The van der Waals surface area contributed by atoms with Gasteiger partial charge in [-0.05, 0) is 67.8 Å². The van der Waals surface area contributed by atoms with E-state index >= 15 is 0 Å². The maximum absolute atomic E-state index is 7.02. The van der Waals surface area contributed by atoms with Gasteiger partial charge in [-0.25, -0.2) is 9.97 Å². The zero-order valence-electron chi connectivity index (χ0n) is 31.4. The summed E-state index contributed by atoms with van der Waals surface area (Å²) in [6, 6.07) is 73.4. The topological polar surface area (TPSA) is 38.9 Å². The zero-order valence-corrected chi connectivity index (χ0v) is 31.4. The second kappa shape index (κ2) is 12.7. The van der Waals surface area contributed by atoms with Crippen LogP contribution in [0.25, 0.3) is 89.4 Å². The standard InChI is InChI=1S/C55H34N2O/c1-3-14-35(15-4-1)36-26-30-38(31-27-36)48-34-49(57-54(56-48)40-16-5-2-6-17-40)39-32-28-37(29-33-39)41-21-13-24-47-51(41)52-44-20-9-12-25-50(44)58-53(52)55(47)45-22-10-7-18-42(45)43-19-8-11-23-46(43)55/h1-34H. The van der Waals surface area contributed by atoms with Crippen molar-refractivity contribution in [3.63, 3.8) is 0 Å². The van der Waals surface area contributed by atoms with Crippen LogP contribution in [0.15, 0.2) is 211 Å². The molecule has 2 aromatic heterocycles. The summed E-state index contributed by atoms with van der Waals surface area (Å²) >= 11 is 0. The van der Waals surface area contributed by atoms with Crippen molar-refractivity contribution in [2.24, 2.45) is 0 Å². The van der Waals surface area contributed by atoms with Crippen molar-refractivity contribution in [1.82, 2.24) is 9.97 Å². The maximum atomic E-state index is 7.02. The van der Waals surface area contributed by atoms with Crippen LogP contribution in [0, 0.1) is 0 Å². The molecule has 10 aromatic rings. The van der Waals surface area contributed by atoms with Gasteiger partial charge in [0.2, 0.25) is 0 Å². The number of hydrogen-bond donors (Lipinski definition) is 0. The Balaban J connectivity index is 1.01. The van der Waals surface area contributed by atoms with Gasteiger partial charge in [0.1, 0.15) is 16.8 Å². The molecule has 8 aromatic carbocycles. The first-order valence-corrected chi connectivity index (χ1v) is 19.8. The molecule has 58 heavy (non-hydrogen) atoms. The van der Waals surface area contributed by atoms with E-state index in [9.17, 15) is 0 Å². The van der Waals surface area contributed by atoms with Crippen molar-refractivity contribution in [3.8, 4) is 78.4 Å². The van der Waals surface area contributed by atoms with Gasteiger partial charge < -0.3 is 4.42 Å². The first-order chi connectivity index (χ1) is 28.8. The quantitative estimate of drug-likeness (QED) is 0.176. The summed E-state index contributed by atoms with van der Waals surface area (Å²) in [6.07, 6.45) is 0. The van der Waals surface area contributed by atoms with Crippen LogP contribution in [-0.2, 0) is 5.41 Å². The third-order valence-electron chi connectivity index (χ3n) is 12.1. The van der Waals surface area contributed by atoms with Crippen LogP contribution >= 0.6 is 0 Å². The fourth-order valence-electron chi connectivity index (χ4n) is 9.57. The fourth-order valence-corrected chi connectivity index (χ4v) is 9.57. The fraction of sp³-hybridized carbons (Fsp3) is 0.0182. The highest BCUT2D eigenvalue weighted by atomic mass is 16.3. The highest BCUT2D eigenvalue weighted by Gasteiger charge is 2.55. The minimum Gasteiger partial charge on any atom is -0.459 e. The molecule has 2 aliphatic carbocycles. The zero-order chi connectivity index (χ0) is 38.2. The summed E-state index contributed by atoms with van der Waals surface area (Å²) in [5.74, 6) is 1.70. The largest absolute Gasteiger partial charge is 0.459 e. The first-order valence-electron chi connectivity index (χ1n) is 19.8. The van der Waals surface area contributed by atoms with Crippen LogP contribution in [0.5, 0.6) is 0 Å². The lowest BCUT2D eigenvalue weighted by Crippen LogP contribution is -2.25. The van der Waals surface area contributed by atoms with Crippen molar-refractivity contribution in [2.45, 2.75) is 5.41 Å². The number of para-hydroxylation sites is 1. The number of fused-ring (bicyclic) bond motifs is 12. The minimum absolute atomic E-state index is 0.558. The number of rotatable bonds is 5. The molecule has 3 nitrogen and oxygen atoms in total. The Hall–Kier alpha value is -7.62. The smallest absolute Gasteiger partial charge is 0.160 e. The number of benzene rings is 8. The number of aromatic nitrogens is 2. The summed E-state index contributed by atoms with van der Waals surface area (Å²) in [6.45, 7) is 0. The van der Waals surface area contributed by atoms with Crippen LogP contribution in [0.1, 0.15) is 22.5 Å². The van der Waals surface area contributed by atoms with E-state index < -0.39 is 5.41 Å². The number of furan rings is 1. The summed E-state index contributed by atoms with van der Waals surface area (Å²) in [5, 5.41) is 1.14. The van der Waals surface area contributed by atoms with E-state index in [1.807, 2.05) is 24.3 Å². The van der Waals surface area contributed by atoms with Gasteiger partial charge >= 0.3 is 0 Å². The van der Waals surface area contributed by atoms with Gasteiger partial charge in [0.15, 0.2) is 5.82 Å². The SMILES string of the molecule is c1ccc(-c2ccc(-c3cc(-c4ccc(-c5cccc6c5-c5c(oc7ccccc57)C65c6ccccc6-c6ccccc65)cc4)nc(-c4ccccc4)n3)cc2)cc1. The Morgan fingerprint density at radius 3 is 1.48 bits per heavy atom. The lowest BCUT2D eigenvalue weighted by Gasteiger charge is -2.28. The molecule has 0 atom stereocenters. The average Bonchev–Trinajstić information content (AvgIpc) is 3.93. The predicted octanol–water partition coefficient (Wildman–Crippen LogP) is 13.9. The van der Waals surface area contributed by atoms with Gasteiger partial charge in [-0.15, -0.1) is 0 Å². The van der Waals surface area contributed by atoms with E-state index in [-0.39, 0.29) is 0 Å². The van der Waals surface area contributed by atoms with E-state index in [1.54, 1.807) is 0 Å². The second-order valence-corrected chi connectivity index (χ2v) is 15.2. The van der Waals surface area contributed by atoms with Gasteiger partial charge in [-0.2, -0.15) is 0 Å². The molecule has 0 saturated carbocycles. The molecule has 0 saturated heterocycles. The van der Waals surface area contributed by atoms with Crippen molar-refractivity contribution < 1.29 is 4.42 Å². The highest BCUT2D eigenvalue weighted by Crippen LogP contribution is 2.65. The first kappa shape index (κ1) is 32.6. The molecule has 0 N–H and O–H groups in total. The molecular formula is C55H34N2O. The van der Waals surface area contributed by atoms with Gasteiger partial charge in [-0.3, -0.25) is 0 Å². The van der Waals surface area contributed by atoms with Crippen LogP contribution < -0.4 is 0 Å². The molecule has 0 radical (unpaired) electrons. The molecule has 0 fully saturated rings. The monoisotopic (exact) mass is 738 g/mol. The predicted molar refractivity (Wildman–Crippen MR) is 235 cm³/mol. The Morgan fingerprint density at radius 1 is 0.345 bits per heavy atom. The molecule has 1 spiro atoms. The molecule has 0 unspecified atom stereocenters. The lowest BCUT2D eigenvalue weighted by molar-refractivity contribution is 0.507. The molecule has 270 valence electrons. The lowest BCUT2D eigenvalue weighted by atomic mass is 9.73. The molecule has 0 aliphatic heterocycles. The van der Waals surface area contributed by atoms with Crippen LogP contribution in [-0.4, -0.2) is 9.97 Å². The van der Waals surface area contributed by atoms with E-state index in [1.165, 1.54) is 55.6 Å². The van der Waals surface area contributed by atoms with E-state index in [4.69, 9.17) is 14.4 Å². The van der Waals surface area contributed by atoms with Gasteiger partial charge in [0, 0.05) is 27.6 Å². The van der Waals surface area contributed by atoms with Crippen molar-refractivity contribution in [1.29, 1.82) is 0 Å². The van der Waals surface area contributed by atoms with Crippen LogP contribution in [0.3, 0.4) is 0 Å². The minimum atomic E-state index is -0.558. The van der Waals surface area contributed by atoms with E-state index in [0.29, 0.717) is 5.82 Å². The Labute approximate surface area is 336 Å². The maximum Gasteiger partial charge on any atom is 0.160 e. The number of nitrogens with zero attached hydrogens (tertiary/aromatic N) is 2. The van der Waals surface area contributed by atoms with Crippen molar-refractivity contribution >= 4 is 11.0 Å². The van der Waals surface area contributed by atoms with Gasteiger partial charge in [0.05, 0.1) is 11.4 Å². The highest BCUT2D eigenvalue weighted by molar-refractivity contribution is 6.08. The third-order valence-corrected chi connectivity index (χ3v) is 12.1. The van der Waals surface area contributed by atoms with Crippen molar-refractivity contribution in [2.75, 3.05) is 0 Å². The van der Waals surface area contributed by atoms with Gasteiger partial charge in [0.25, 0.3) is 0 Å². The van der Waals surface area contributed by atoms with Crippen LogP contribution in [0.2, 0.25) is 0 Å². The summed E-state index contributed by atoms with van der Waals surface area (Å²) in [7, 11) is 0. The summed E-state index contributed by atoms with van der Waals surface area (Å²) in [4.78, 5) is 10.2.